The average molecular weight is 232 g/mol. The summed E-state index contributed by atoms with van der Waals surface area (Å²) in [6.45, 7) is 4.53. The van der Waals surface area contributed by atoms with Gasteiger partial charge in [-0.2, -0.15) is 0 Å². The van der Waals surface area contributed by atoms with Gasteiger partial charge in [-0.3, -0.25) is 0 Å². The van der Waals surface area contributed by atoms with E-state index in [9.17, 15) is 0 Å². The van der Waals surface area contributed by atoms with Gasteiger partial charge in [0.1, 0.15) is 0 Å². The minimum Gasteiger partial charge on any atom is -0.371 e. The van der Waals surface area contributed by atoms with Gasteiger partial charge in [0.15, 0.2) is 0 Å². The Morgan fingerprint density at radius 1 is 1.24 bits per heavy atom. The smallest absolute Gasteiger partial charge is 0.0366 e. The fraction of sp³-hybridized carbons (Fsp3) is 0.600. The molecular formula is C15H24N2. The first-order valence-corrected chi connectivity index (χ1v) is 6.82. The second-order valence-electron chi connectivity index (χ2n) is 4.96. The van der Waals surface area contributed by atoms with Crippen LogP contribution in [0.15, 0.2) is 30.3 Å². The Kier molecular flexibility index (Phi) is 4.43. The van der Waals surface area contributed by atoms with Crippen LogP contribution in [-0.4, -0.2) is 26.2 Å². The number of hydrogen-bond donors (Lipinski definition) is 1. The Balaban J connectivity index is 2.00. The Morgan fingerprint density at radius 3 is 2.65 bits per heavy atom. The van der Waals surface area contributed by atoms with Crippen molar-refractivity contribution >= 4 is 5.69 Å². The summed E-state index contributed by atoms with van der Waals surface area (Å²) in [4.78, 5) is 2.50. The van der Waals surface area contributed by atoms with E-state index in [-0.39, 0.29) is 0 Å². The van der Waals surface area contributed by atoms with Gasteiger partial charge in [-0.05, 0) is 44.9 Å². The zero-order valence-corrected chi connectivity index (χ0v) is 11.0. The first-order chi connectivity index (χ1) is 8.35. The van der Waals surface area contributed by atoms with Crippen molar-refractivity contribution in [2.24, 2.45) is 5.92 Å². The van der Waals surface area contributed by atoms with Gasteiger partial charge in [-0.25, -0.2) is 0 Å². The molecule has 2 heteroatoms. The maximum atomic E-state index is 3.47. The molecule has 1 aromatic carbocycles. The van der Waals surface area contributed by atoms with Crippen molar-refractivity contribution in [3.63, 3.8) is 0 Å². The third-order valence-corrected chi connectivity index (χ3v) is 3.99. The summed E-state index contributed by atoms with van der Waals surface area (Å²) < 4.78 is 0. The van der Waals surface area contributed by atoms with Gasteiger partial charge in [0.25, 0.3) is 0 Å². The highest BCUT2D eigenvalue weighted by molar-refractivity contribution is 5.45. The Bertz CT molecular complexity index is 323. The van der Waals surface area contributed by atoms with E-state index >= 15 is 0 Å². The molecule has 0 aliphatic heterocycles. The highest BCUT2D eigenvalue weighted by atomic mass is 15.1. The van der Waals surface area contributed by atoms with E-state index in [1.807, 2.05) is 0 Å². The molecule has 0 bridgehead atoms. The Hall–Kier alpha value is -1.02. The highest BCUT2D eigenvalue weighted by Gasteiger charge is 2.27. The van der Waals surface area contributed by atoms with E-state index in [1.54, 1.807) is 0 Å². The van der Waals surface area contributed by atoms with Crippen molar-refractivity contribution in [2.75, 3.05) is 25.0 Å². The van der Waals surface area contributed by atoms with Crippen molar-refractivity contribution in [3.05, 3.63) is 30.3 Å². The average Bonchev–Trinajstić information content (AvgIpc) is 2.84. The van der Waals surface area contributed by atoms with Crippen LogP contribution in [0.25, 0.3) is 0 Å². The summed E-state index contributed by atoms with van der Waals surface area (Å²) in [5.41, 5.74) is 1.36. The van der Waals surface area contributed by atoms with Gasteiger partial charge in [0.2, 0.25) is 0 Å². The lowest BCUT2D eigenvalue weighted by molar-refractivity contribution is 0.424. The molecule has 94 valence electrons. The van der Waals surface area contributed by atoms with Crippen LogP contribution in [0.4, 0.5) is 5.69 Å². The molecule has 2 atom stereocenters. The number of nitrogens with zero attached hydrogens (tertiary/aromatic N) is 1. The van der Waals surface area contributed by atoms with Crippen molar-refractivity contribution < 1.29 is 0 Å². The maximum Gasteiger partial charge on any atom is 0.0366 e. The van der Waals surface area contributed by atoms with Gasteiger partial charge < -0.3 is 10.2 Å². The van der Waals surface area contributed by atoms with Gasteiger partial charge in [-0.1, -0.05) is 24.6 Å². The highest BCUT2D eigenvalue weighted by Crippen LogP contribution is 2.27. The van der Waals surface area contributed by atoms with Crippen LogP contribution in [0.1, 0.15) is 26.2 Å². The lowest BCUT2D eigenvalue weighted by Gasteiger charge is -2.29. The quantitative estimate of drug-likeness (QED) is 0.839. The molecule has 1 fully saturated rings. The van der Waals surface area contributed by atoms with Gasteiger partial charge in [-0.15, -0.1) is 0 Å². The number of nitrogens with one attached hydrogen (secondary N) is 1. The summed E-state index contributed by atoms with van der Waals surface area (Å²) in [5.74, 6) is 0.806. The van der Waals surface area contributed by atoms with Gasteiger partial charge in [0.05, 0.1) is 0 Å². The number of hydrogen-bond acceptors (Lipinski definition) is 2. The molecule has 17 heavy (non-hydrogen) atoms. The van der Waals surface area contributed by atoms with E-state index in [2.05, 4.69) is 54.5 Å². The zero-order chi connectivity index (χ0) is 12.1. The molecule has 2 rings (SSSR count). The SMILES string of the molecule is CCN(CC1CCCC1NC)c1ccccc1. The largest absolute Gasteiger partial charge is 0.371 e. The second-order valence-corrected chi connectivity index (χ2v) is 4.96. The molecule has 0 radical (unpaired) electrons. The number of benzene rings is 1. The fourth-order valence-corrected chi connectivity index (χ4v) is 2.97. The molecule has 1 aliphatic carbocycles. The summed E-state index contributed by atoms with van der Waals surface area (Å²) >= 11 is 0. The van der Waals surface area contributed by atoms with Gasteiger partial charge >= 0.3 is 0 Å². The maximum absolute atomic E-state index is 3.47. The van der Waals surface area contributed by atoms with Crippen LogP contribution in [-0.2, 0) is 0 Å². The van der Waals surface area contributed by atoms with Crippen molar-refractivity contribution in [1.29, 1.82) is 0 Å². The topological polar surface area (TPSA) is 15.3 Å². The van der Waals surface area contributed by atoms with Crippen LogP contribution in [0.5, 0.6) is 0 Å². The van der Waals surface area contributed by atoms with Crippen LogP contribution in [0, 0.1) is 5.92 Å². The van der Waals surface area contributed by atoms with E-state index in [0.717, 1.165) is 12.5 Å². The van der Waals surface area contributed by atoms with Crippen molar-refractivity contribution in [1.82, 2.24) is 5.32 Å². The molecule has 0 spiro atoms. The summed E-state index contributed by atoms with van der Waals surface area (Å²) in [5, 5.41) is 3.47. The van der Waals surface area contributed by atoms with Gasteiger partial charge in [0, 0.05) is 24.8 Å². The van der Waals surface area contributed by atoms with E-state index in [0.29, 0.717) is 6.04 Å². The standard InChI is InChI=1S/C15H24N2/c1-3-17(14-9-5-4-6-10-14)12-13-8-7-11-15(13)16-2/h4-6,9-10,13,15-16H,3,7-8,11-12H2,1-2H3. The van der Waals surface area contributed by atoms with Crippen LogP contribution in [0.2, 0.25) is 0 Å². The van der Waals surface area contributed by atoms with Crippen molar-refractivity contribution in [2.45, 2.75) is 32.2 Å². The minimum absolute atomic E-state index is 0.716. The van der Waals surface area contributed by atoms with E-state index < -0.39 is 0 Å². The van der Waals surface area contributed by atoms with Crippen molar-refractivity contribution in [3.8, 4) is 0 Å². The van der Waals surface area contributed by atoms with E-state index in [1.165, 1.54) is 31.5 Å². The molecule has 1 saturated carbocycles. The van der Waals surface area contributed by atoms with E-state index in [4.69, 9.17) is 0 Å². The number of rotatable bonds is 5. The Labute approximate surface area is 105 Å². The molecule has 2 nitrogen and oxygen atoms in total. The number of anilines is 1. The van der Waals surface area contributed by atoms with Crippen LogP contribution >= 0.6 is 0 Å². The molecule has 1 N–H and O–H groups in total. The predicted molar refractivity (Wildman–Crippen MR) is 74.5 cm³/mol. The summed E-state index contributed by atoms with van der Waals surface area (Å²) in [7, 11) is 2.10. The lowest BCUT2D eigenvalue weighted by Crippen LogP contribution is -2.38. The normalized spacial score (nSPS) is 23.9. The number of para-hydroxylation sites is 1. The fourth-order valence-electron chi connectivity index (χ4n) is 2.97. The Morgan fingerprint density at radius 2 is 2.00 bits per heavy atom. The monoisotopic (exact) mass is 232 g/mol. The second kappa shape index (κ2) is 6.06. The lowest BCUT2D eigenvalue weighted by atomic mass is 10.0. The molecule has 0 amide bonds. The first kappa shape index (κ1) is 12.4. The molecular weight excluding hydrogens is 208 g/mol. The predicted octanol–water partition coefficient (Wildman–Crippen LogP) is 2.90. The first-order valence-electron chi connectivity index (χ1n) is 6.82. The third-order valence-electron chi connectivity index (χ3n) is 3.99. The molecule has 2 unspecified atom stereocenters. The molecule has 1 aliphatic rings. The summed E-state index contributed by atoms with van der Waals surface area (Å²) in [6.07, 6.45) is 4.09. The molecule has 0 heterocycles. The molecule has 0 saturated heterocycles. The van der Waals surface area contributed by atoms with Crippen LogP contribution < -0.4 is 10.2 Å². The molecule has 0 aromatic heterocycles. The third kappa shape index (κ3) is 3.01. The zero-order valence-electron chi connectivity index (χ0n) is 11.0. The molecule has 1 aromatic rings. The summed E-state index contributed by atoms with van der Waals surface area (Å²) in [6, 6.07) is 11.5. The minimum atomic E-state index is 0.716. The van der Waals surface area contributed by atoms with Crippen LogP contribution in [0.3, 0.4) is 0 Å².